The number of thioether (sulfide) groups is 2. The molecule has 0 aromatic carbocycles. The van der Waals surface area contributed by atoms with Crippen molar-refractivity contribution in [2.45, 2.75) is 68.7 Å². The van der Waals surface area contributed by atoms with Crippen LogP contribution in [-0.4, -0.2) is 34.0 Å². The quantitative estimate of drug-likeness (QED) is 0.836. The summed E-state index contributed by atoms with van der Waals surface area (Å²) < 4.78 is 0. The number of rotatable bonds is 2. The molecule has 2 saturated carbocycles. The normalized spacial score (nSPS) is 44.9. The van der Waals surface area contributed by atoms with Crippen LogP contribution >= 0.6 is 23.5 Å². The Kier molecular flexibility index (Phi) is 4.37. The summed E-state index contributed by atoms with van der Waals surface area (Å²) in [4.78, 5) is 5.05. The third-order valence-corrected chi connectivity index (χ3v) is 7.29. The molecule has 0 aromatic rings. The summed E-state index contributed by atoms with van der Waals surface area (Å²) >= 11 is 3.99. The van der Waals surface area contributed by atoms with Crippen LogP contribution in [0.25, 0.3) is 0 Å². The number of nitrogens with one attached hydrogen (secondary N) is 1. The lowest BCUT2D eigenvalue weighted by atomic mass is 9.78. The molecule has 0 radical (unpaired) electrons. The van der Waals surface area contributed by atoms with Crippen molar-refractivity contribution in [2.24, 2.45) is 10.9 Å². The van der Waals surface area contributed by atoms with Gasteiger partial charge in [-0.1, -0.05) is 37.9 Å². The Balaban J connectivity index is 1.65. The predicted molar refractivity (Wildman–Crippen MR) is 88.3 cm³/mol. The summed E-state index contributed by atoms with van der Waals surface area (Å²) in [6.45, 7) is 2.41. The summed E-state index contributed by atoms with van der Waals surface area (Å²) in [5.74, 6) is 2.12. The van der Waals surface area contributed by atoms with Gasteiger partial charge in [0.05, 0.1) is 6.04 Å². The number of hydrogen-bond acceptors (Lipinski definition) is 3. The molecular formula is C15H26N2S2. The van der Waals surface area contributed by atoms with Crippen LogP contribution < -0.4 is 5.32 Å². The molecule has 4 atom stereocenters. The lowest BCUT2D eigenvalue weighted by Crippen LogP contribution is -2.47. The van der Waals surface area contributed by atoms with Crippen LogP contribution in [0.3, 0.4) is 0 Å². The molecule has 2 aliphatic carbocycles. The van der Waals surface area contributed by atoms with Crippen LogP contribution in [0.2, 0.25) is 0 Å². The minimum absolute atomic E-state index is 0.384. The average molecular weight is 299 g/mol. The van der Waals surface area contributed by atoms with Crippen LogP contribution in [0.4, 0.5) is 0 Å². The average Bonchev–Trinajstić information content (AvgIpc) is 2.97. The summed E-state index contributed by atoms with van der Waals surface area (Å²) in [5, 5.41) is 5.82. The van der Waals surface area contributed by atoms with E-state index in [2.05, 4.69) is 18.5 Å². The van der Waals surface area contributed by atoms with Crippen LogP contribution in [0.5, 0.6) is 0 Å². The van der Waals surface area contributed by atoms with Crippen molar-refractivity contribution < 1.29 is 0 Å². The second-order valence-electron chi connectivity index (χ2n) is 6.60. The largest absolute Gasteiger partial charge is 0.359 e. The molecule has 1 heterocycles. The topological polar surface area (TPSA) is 24.4 Å². The maximum atomic E-state index is 5.05. The van der Waals surface area contributed by atoms with Crippen LogP contribution in [0, 0.1) is 5.92 Å². The Bertz CT molecular complexity index is 358. The SMILES string of the molecule is CSC1CCCC1N=C1NC2(CCCC(C)C2)CS1. The van der Waals surface area contributed by atoms with Gasteiger partial charge in [0.25, 0.3) is 0 Å². The Labute approximate surface area is 126 Å². The highest BCUT2D eigenvalue weighted by atomic mass is 32.2. The van der Waals surface area contributed by atoms with Crippen molar-refractivity contribution in [1.29, 1.82) is 0 Å². The zero-order valence-electron chi connectivity index (χ0n) is 12.2. The van der Waals surface area contributed by atoms with Crippen molar-refractivity contribution in [1.82, 2.24) is 5.32 Å². The maximum Gasteiger partial charge on any atom is 0.157 e. The van der Waals surface area contributed by atoms with E-state index in [4.69, 9.17) is 4.99 Å². The second-order valence-corrected chi connectivity index (χ2v) is 8.64. The van der Waals surface area contributed by atoms with Gasteiger partial charge in [-0.15, -0.1) is 0 Å². The lowest BCUT2D eigenvalue weighted by Gasteiger charge is -2.36. The minimum Gasteiger partial charge on any atom is -0.359 e. The Morgan fingerprint density at radius 1 is 1.32 bits per heavy atom. The van der Waals surface area contributed by atoms with Gasteiger partial charge in [0.1, 0.15) is 0 Å². The second kappa shape index (κ2) is 5.88. The first kappa shape index (κ1) is 14.1. The molecule has 0 bridgehead atoms. The van der Waals surface area contributed by atoms with E-state index in [1.165, 1.54) is 55.9 Å². The molecule has 1 N–H and O–H groups in total. The maximum absolute atomic E-state index is 5.05. The first-order chi connectivity index (χ1) is 9.21. The molecule has 108 valence electrons. The highest BCUT2D eigenvalue weighted by Gasteiger charge is 2.40. The highest BCUT2D eigenvalue weighted by Crippen LogP contribution is 2.39. The molecule has 2 nitrogen and oxygen atoms in total. The van der Waals surface area contributed by atoms with Gasteiger partial charge in [-0.25, -0.2) is 0 Å². The van der Waals surface area contributed by atoms with E-state index in [1.807, 2.05) is 23.5 Å². The molecule has 19 heavy (non-hydrogen) atoms. The summed E-state index contributed by atoms with van der Waals surface area (Å²) in [7, 11) is 0. The van der Waals surface area contributed by atoms with E-state index in [0.29, 0.717) is 11.6 Å². The van der Waals surface area contributed by atoms with Gasteiger partial charge in [-0.05, 0) is 37.9 Å². The van der Waals surface area contributed by atoms with Crippen LogP contribution in [-0.2, 0) is 0 Å². The number of aliphatic imine (C=N–C) groups is 1. The molecular weight excluding hydrogens is 272 g/mol. The van der Waals surface area contributed by atoms with Gasteiger partial charge in [0.2, 0.25) is 0 Å². The monoisotopic (exact) mass is 298 g/mol. The Hall–Kier alpha value is 0.170. The van der Waals surface area contributed by atoms with Crippen molar-refractivity contribution in [3.8, 4) is 0 Å². The standard InChI is InChI=1S/C15H26N2S2/c1-11-5-4-8-15(9-11)10-19-14(17-15)16-12-6-3-7-13(12)18-2/h11-13H,3-10H2,1-2H3,(H,16,17). The van der Waals surface area contributed by atoms with Crippen LogP contribution in [0.1, 0.15) is 51.9 Å². The molecule has 1 spiro atoms. The van der Waals surface area contributed by atoms with E-state index < -0.39 is 0 Å². The highest BCUT2D eigenvalue weighted by molar-refractivity contribution is 8.14. The molecule has 0 aromatic heterocycles. The number of nitrogens with zero attached hydrogens (tertiary/aromatic N) is 1. The van der Waals surface area contributed by atoms with Gasteiger partial charge in [-0.3, -0.25) is 4.99 Å². The molecule has 3 rings (SSSR count). The van der Waals surface area contributed by atoms with E-state index in [1.54, 1.807) is 0 Å². The fourth-order valence-corrected chi connectivity index (χ4v) is 6.12. The Morgan fingerprint density at radius 3 is 3.00 bits per heavy atom. The molecule has 4 heteroatoms. The lowest BCUT2D eigenvalue weighted by molar-refractivity contribution is 0.242. The zero-order chi connectivity index (χ0) is 13.3. The van der Waals surface area contributed by atoms with Crippen molar-refractivity contribution in [3.05, 3.63) is 0 Å². The third kappa shape index (κ3) is 3.10. The molecule has 4 unspecified atom stereocenters. The number of amidine groups is 1. The van der Waals surface area contributed by atoms with Crippen molar-refractivity contribution in [3.63, 3.8) is 0 Å². The van der Waals surface area contributed by atoms with E-state index >= 15 is 0 Å². The van der Waals surface area contributed by atoms with Gasteiger partial charge in [0.15, 0.2) is 5.17 Å². The third-order valence-electron chi connectivity index (χ3n) is 4.95. The Morgan fingerprint density at radius 2 is 2.21 bits per heavy atom. The fraction of sp³-hybridized carbons (Fsp3) is 0.933. The van der Waals surface area contributed by atoms with Crippen molar-refractivity contribution in [2.75, 3.05) is 12.0 Å². The zero-order valence-corrected chi connectivity index (χ0v) is 13.8. The van der Waals surface area contributed by atoms with Gasteiger partial charge >= 0.3 is 0 Å². The van der Waals surface area contributed by atoms with Gasteiger partial charge in [0, 0.05) is 16.5 Å². The fourth-order valence-electron chi connectivity index (χ4n) is 3.96. The molecule has 1 aliphatic heterocycles. The minimum atomic E-state index is 0.384. The van der Waals surface area contributed by atoms with E-state index in [9.17, 15) is 0 Å². The predicted octanol–water partition coefficient (Wildman–Crippen LogP) is 3.91. The van der Waals surface area contributed by atoms with E-state index in [0.717, 1.165) is 11.2 Å². The molecule has 3 fully saturated rings. The smallest absolute Gasteiger partial charge is 0.157 e. The summed E-state index contributed by atoms with van der Waals surface area (Å²) in [6.07, 6.45) is 11.7. The summed E-state index contributed by atoms with van der Waals surface area (Å²) in [6, 6.07) is 0.571. The molecule has 1 saturated heterocycles. The number of hydrogen-bond donors (Lipinski definition) is 1. The van der Waals surface area contributed by atoms with Crippen molar-refractivity contribution >= 4 is 28.7 Å². The molecule has 3 aliphatic rings. The van der Waals surface area contributed by atoms with Gasteiger partial charge < -0.3 is 5.32 Å². The van der Waals surface area contributed by atoms with E-state index in [-0.39, 0.29) is 0 Å². The molecule has 0 amide bonds. The first-order valence-electron chi connectivity index (χ1n) is 7.72. The first-order valence-corrected chi connectivity index (χ1v) is 10.00. The van der Waals surface area contributed by atoms with Crippen LogP contribution in [0.15, 0.2) is 4.99 Å². The van der Waals surface area contributed by atoms with Gasteiger partial charge in [-0.2, -0.15) is 11.8 Å². The summed E-state index contributed by atoms with van der Waals surface area (Å²) in [5.41, 5.74) is 0.384.